The second-order valence-electron chi connectivity index (χ2n) is 9.24. The molecular weight excluding hydrogens is 518 g/mol. The average molecular weight is 541 g/mol. The van der Waals surface area contributed by atoms with Crippen LogP contribution in [0.5, 0.6) is 5.75 Å². The van der Waals surface area contributed by atoms with Gasteiger partial charge >= 0.3 is 6.18 Å². The first-order valence-electron chi connectivity index (χ1n) is 12.0. The van der Waals surface area contributed by atoms with Crippen molar-refractivity contribution >= 4 is 10.9 Å². The van der Waals surface area contributed by atoms with E-state index in [1.807, 2.05) is 32.0 Å². The standard InChI is InChI=1S/C30H22F6N2O/c1-17-6-3-7-18(2)24(17)16-39-21-9-4-8-19(12-21)29-22-10-5-11-25(30(34,35)36)28(22)37-38(29)15-23-26(32)13-20(31)14-27(23)33/h3-14H,15-16H2,1-2H3. The van der Waals surface area contributed by atoms with Gasteiger partial charge in [0.25, 0.3) is 0 Å². The van der Waals surface area contributed by atoms with E-state index >= 15 is 0 Å². The summed E-state index contributed by atoms with van der Waals surface area (Å²) in [7, 11) is 0. The van der Waals surface area contributed by atoms with Crippen molar-refractivity contribution < 1.29 is 31.1 Å². The summed E-state index contributed by atoms with van der Waals surface area (Å²) < 4.78 is 91.1. The number of nitrogens with zero attached hydrogens (tertiary/aromatic N) is 2. The van der Waals surface area contributed by atoms with Crippen LogP contribution in [0.3, 0.4) is 0 Å². The highest BCUT2D eigenvalue weighted by Crippen LogP contribution is 2.39. The molecule has 0 unspecified atom stereocenters. The number of ether oxygens (including phenoxy) is 1. The number of alkyl halides is 3. The molecule has 9 heteroatoms. The molecule has 0 N–H and O–H groups in total. The number of aryl methyl sites for hydroxylation is 2. The first-order chi connectivity index (χ1) is 18.5. The largest absolute Gasteiger partial charge is 0.489 e. The summed E-state index contributed by atoms with van der Waals surface area (Å²) in [6.07, 6.45) is -4.71. The van der Waals surface area contributed by atoms with Gasteiger partial charge in [-0.05, 0) is 48.7 Å². The van der Waals surface area contributed by atoms with Crippen LogP contribution in [-0.4, -0.2) is 9.78 Å². The maximum atomic E-state index is 14.5. The molecule has 0 saturated heterocycles. The highest BCUT2D eigenvalue weighted by molar-refractivity contribution is 5.95. The van der Waals surface area contributed by atoms with Crippen LogP contribution in [-0.2, 0) is 19.3 Å². The number of aromatic nitrogens is 2. The number of hydrogen-bond donors (Lipinski definition) is 0. The third-order valence-electron chi connectivity index (χ3n) is 6.62. The first kappa shape index (κ1) is 26.3. The first-order valence-corrected chi connectivity index (χ1v) is 12.0. The van der Waals surface area contributed by atoms with Crippen molar-refractivity contribution in [3.63, 3.8) is 0 Å². The van der Waals surface area contributed by atoms with Crippen molar-refractivity contribution in [1.29, 1.82) is 0 Å². The van der Waals surface area contributed by atoms with Crippen LogP contribution in [0.2, 0.25) is 0 Å². The van der Waals surface area contributed by atoms with Crippen molar-refractivity contribution in [1.82, 2.24) is 9.78 Å². The Hall–Kier alpha value is -4.27. The lowest BCUT2D eigenvalue weighted by molar-refractivity contribution is -0.136. The molecule has 0 amide bonds. The normalized spacial score (nSPS) is 11.8. The lowest BCUT2D eigenvalue weighted by atomic mass is 10.0. The minimum atomic E-state index is -4.71. The summed E-state index contributed by atoms with van der Waals surface area (Å²) in [5.74, 6) is -2.99. The highest BCUT2D eigenvalue weighted by Gasteiger charge is 2.34. The molecule has 4 aromatic carbocycles. The molecule has 5 aromatic rings. The summed E-state index contributed by atoms with van der Waals surface area (Å²) in [6, 6.07) is 17.2. The van der Waals surface area contributed by atoms with E-state index in [9.17, 15) is 26.3 Å². The van der Waals surface area contributed by atoms with Gasteiger partial charge in [0.05, 0.1) is 17.8 Å². The zero-order chi connectivity index (χ0) is 27.9. The van der Waals surface area contributed by atoms with Crippen molar-refractivity contribution in [3.8, 4) is 17.0 Å². The Bertz CT molecular complexity index is 1650. The third kappa shape index (κ3) is 5.21. The number of fused-ring (bicyclic) bond motifs is 1. The van der Waals surface area contributed by atoms with Crippen molar-refractivity contribution in [3.05, 3.63) is 118 Å². The molecule has 5 rings (SSSR count). The van der Waals surface area contributed by atoms with Crippen LogP contribution in [0.4, 0.5) is 26.3 Å². The zero-order valence-corrected chi connectivity index (χ0v) is 20.9. The summed E-state index contributed by atoms with van der Waals surface area (Å²) >= 11 is 0. The predicted molar refractivity (Wildman–Crippen MR) is 136 cm³/mol. The topological polar surface area (TPSA) is 27.1 Å². The second kappa shape index (κ2) is 10.1. The Labute approximate surface area is 220 Å². The van der Waals surface area contributed by atoms with Crippen LogP contribution in [0, 0.1) is 31.3 Å². The van der Waals surface area contributed by atoms with Gasteiger partial charge in [-0.2, -0.15) is 18.3 Å². The molecular formula is C30H22F6N2O. The van der Waals surface area contributed by atoms with Crippen LogP contribution < -0.4 is 4.74 Å². The molecule has 0 atom stereocenters. The molecule has 0 aliphatic rings. The molecule has 0 aliphatic heterocycles. The van der Waals surface area contributed by atoms with Crippen molar-refractivity contribution in [2.24, 2.45) is 0 Å². The average Bonchev–Trinajstić information content (AvgIpc) is 3.23. The van der Waals surface area contributed by atoms with Gasteiger partial charge in [-0.1, -0.05) is 42.5 Å². The fraction of sp³-hybridized carbons (Fsp3) is 0.167. The van der Waals surface area contributed by atoms with Crippen LogP contribution >= 0.6 is 0 Å². The summed E-state index contributed by atoms with van der Waals surface area (Å²) in [5.41, 5.74) is 1.87. The summed E-state index contributed by atoms with van der Waals surface area (Å²) in [5, 5.41) is 4.27. The lowest BCUT2D eigenvalue weighted by Gasteiger charge is -2.14. The molecule has 0 fully saturated rings. The van der Waals surface area contributed by atoms with Gasteiger partial charge in [0.2, 0.25) is 0 Å². The van der Waals surface area contributed by atoms with Crippen LogP contribution in [0.1, 0.15) is 27.8 Å². The Morgan fingerprint density at radius 1 is 0.795 bits per heavy atom. The summed E-state index contributed by atoms with van der Waals surface area (Å²) in [6.45, 7) is 3.65. The van der Waals surface area contributed by atoms with Gasteiger partial charge in [-0.3, -0.25) is 4.68 Å². The molecule has 200 valence electrons. The van der Waals surface area contributed by atoms with Gasteiger partial charge in [0.1, 0.15) is 35.3 Å². The van der Waals surface area contributed by atoms with Crippen molar-refractivity contribution in [2.75, 3.05) is 0 Å². The Morgan fingerprint density at radius 3 is 2.10 bits per heavy atom. The maximum Gasteiger partial charge on any atom is 0.418 e. The van der Waals surface area contributed by atoms with Crippen LogP contribution in [0.25, 0.3) is 22.2 Å². The summed E-state index contributed by atoms with van der Waals surface area (Å²) in [4.78, 5) is 0. The van der Waals surface area contributed by atoms with E-state index in [2.05, 4.69) is 5.10 Å². The molecule has 0 aliphatic carbocycles. The Balaban J connectivity index is 1.62. The maximum absolute atomic E-state index is 14.5. The van der Waals surface area contributed by atoms with Crippen molar-refractivity contribution in [2.45, 2.75) is 33.2 Å². The van der Waals surface area contributed by atoms with E-state index in [-0.39, 0.29) is 23.2 Å². The number of benzene rings is 4. The van der Waals surface area contributed by atoms with Gasteiger partial charge in [0.15, 0.2) is 0 Å². The molecule has 1 heterocycles. The van der Waals surface area contributed by atoms with E-state index in [1.165, 1.54) is 12.1 Å². The van der Waals surface area contributed by atoms with E-state index in [0.29, 0.717) is 23.4 Å². The third-order valence-corrected chi connectivity index (χ3v) is 6.62. The Morgan fingerprint density at radius 2 is 1.44 bits per heavy atom. The molecule has 0 spiro atoms. The quantitative estimate of drug-likeness (QED) is 0.202. The van der Waals surface area contributed by atoms with Gasteiger partial charge in [-0.15, -0.1) is 0 Å². The number of halogens is 6. The fourth-order valence-electron chi connectivity index (χ4n) is 4.64. The minimum absolute atomic E-state index is 0.139. The molecule has 3 nitrogen and oxygen atoms in total. The second-order valence-corrected chi connectivity index (χ2v) is 9.24. The number of rotatable bonds is 6. The van der Waals surface area contributed by atoms with Gasteiger partial charge < -0.3 is 4.74 Å². The van der Waals surface area contributed by atoms with E-state index in [4.69, 9.17) is 4.74 Å². The molecule has 39 heavy (non-hydrogen) atoms. The molecule has 0 radical (unpaired) electrons. The fourth-order valence-corrected chi connectivity index (χ4v) is 4.64. The van der Waals surface area contributed by atoms with E-state index < -0.39 is 41.3 Å². The molecule has 1 aromatic heterocycles. The lowest BCUT2D eigenvalue weighted by Crippen LogP contribution is -2.09. The van der Waals surface area contributed by atoms with Gasteiger partial charge in [-0.25, -0.2) is 13.2 Å². The zero-order valence-electron chi connectivity index (χ0n) is 20.9. The SMILES string of the molecule is Cc1cccc(C)c1COc1cccc(-c2c3cccc(C(F)(F)F)c3nn2Cc2c(F)cc(F)cc2F)c1. The van der Waals surface area contributed by atoms with E-state index in [1.54, 1.807) is 24.3 Å². The van der Waals surface area contributed by atoms with Gasteiger partial charge in [0, 0.05) is 28.6 Å². The minimum Gasteiger partial charge on any atom is -0.489 e. The van der Waals surface area contributed by atoms with E-state index in [0.717, 1.165) is 27.4 Å². The van der Waals surface area contributed by atoms with Crippen LogP contribution in [0.15, 0.2) is 72.8 Å². The number of hydrogen-bond acceptors (Lipinski definition) is 2. The smallest absolute Gasteiger partial charge is 0.418 e. The Kier molecular flexibility index (Phi) is 6.84. The molecule has 0 bridgehead atoms. The highest BCUT2D eigenvalue weighted by atomic mass is 19.4. The predicted octanol–water partition coefficient (Wildman–Crippen LogP) is 8.38. The molecule has 0 saturated carbocycles. The monoisotopic (exact) mass is 540 g/mol.